The molecule has 7 heteroatoms. The minimum atomic E-state index is -0.472. The smallest absolute Gasteiger partial charge is 0.262 e. The zero-order valence-corrected chi connectivity index (χ0v) is 14.6. The van der Waals surface area contributed by atoms with Crippen molar-refractivity contribution in [1.29, 1.82) is 0 Å². The molecule has 6 nitrogen and oxygen atoms in total. The quantitative estimate of drug-likeness (QED) is 0.539. The van der Waals surface area contributed by atoms with E-state index in [1.807, 2.05) is 30.3 Å². The van der Waals surface area contributed by atoms with E-state index in [1.54, 1.807) is 30.3 Å². The lowest BCUT2D eigenvalue weighted by molar-refractivity contribution is -0.128. The zero-order chi connectivity index (χ0) is 18.8. The topological polar surface area (TPSA) is 87.3 Å². The van der Waals surface area contributed by atoms with Crippen LogP contribution in [0, 0.1) is 0 Å². The summed E-state index contributed by atoms with van der Waals surface area (Å²) in [6.07, 6.45) is 2.82. The van der Waals surface area contributed by atoms with Gasteiger partial charge in [0.15, 0.2) is 0 Å². The highest BCUT2D eigenvalue weighted by Crippen LogP contribution is 2.20. The first kappa shape index (κ1) is 19.2. The van der Waals surface area contributed by atoms with E-state index in [1.165, 1.54) is 6.08 Å². The lowest BCUT2D eigenvalue weighted by Gasteiger charge is -2.07. The summed E-state index contributed by atoms with van der Waals surface area (Å²) >= 11 is 5.94. The normalized spacial score (nSPS) is 10.3. The van der Waals surface area contributed by atoms with Crippen molar-refractivity contribution in [3.8, 4) is 0 Å². The van der Waals surface area contributed by atoms with Gasteiger partial charge in [-0.15, -0.1) is 0 Å². The fourth-order valence-electron chi connectivity index (χ4n) is 1.97. The van der Waals surface area contributed by atoms with Crippen LogP contribution in [0.4, 0.5) is 5.69 Å². The molecule has 0 fully saturated rings. The maximum atomic E-state index is 11.8. The average Bonchev–Trinajstić information content (AvgIpc) is 2.65. The number of amides is 3. The van der Waals surface area contributed by atoms with E-state index < -0.39 is 11.8 Å². The van der Waals surface area contributed by atoms with Crippen molar-refractivity contribution in [3.05, 3.63) is 71.3 Å². The number of carbonyl (C=O) groups excluding carboxylic acids is 3. The van der Waals surface area contributed by atoms with Gasteiger partial charge < -0.3 is 5.32 Å². The molecule has 0 saturated heterocycles. The standard InChI is InChI=1S/C19H18ClN3O3/c20-15-8-4-5-9-16(15)21-17(24)12-13-19(26)23-22-18(25)11-10-14-6-2-1-3-7-14/h1-11H,12-13H2,(H,21,24)(H,22,25)(H,23,26). The van der Waals surface area contributed by atoms with Crippen molar-refractivity contribution < 1.29 is 14.4 Å². The summed E-state index contributed by atoms with van der Waals surface area (Å²) in [6.45, 7) is 0. The van der Waals surface area contributed by atoms with Crippen molar-refractivity contribution in [2.45, 2.75) is 12.8 Å². The van der Waals surface area contributed by atoms with Crippen LogP contribution in [0.3, 0.4) is 0 Å². The monoisotopic (exact) mass is 371 g/mol. The van der Waals surface area contributed by atoms with Gasteiger partial charge in [0.1, 0.15) is 0 Å². The molecule has 0 saturated carbocycles. The Hall–Kier alpha value is -3.12. The van der Waals surface area contributed by atoms with Gasteiger partial charge in [-0.05, 0) is 23.8 Å². The summed E-state index contributed by atoms with van der Waals surface area (Å²) in [5.41, 5.74) is 5.86. The number of nitrogens with one attached hydrogen (secondary N) is 3. The van der Waals surface area contributed by atoms with Crippen molar-refractivity contribution in [1.82, 2.24) is 10.9 Å². The highest BCUT2D eigenvalue weighted by molar-refractivity contribution is 6.33. The van der Waals surface area contributed by atoms with Gasteiger partial charge in [-0.3, -0.25) is 25.2 Å². The van der Waals surface area contributed by atoms with E-state index in [9.17, 15) is 14.4 Å². The molecule has 26 heavy (non-hydrogen) atoms. The molecular weight excluding hydrogens is 354 g/mol. The Kier molecular flexibility index (Phi) is 7.39. The van der Waals surface area contributed by atoms with Crippen LogP contribution in [0.1, 0.15) is 18.4 Å². The van der Waals surface area contributed by atoms with Crippen LogP contribution < -0.4 is 16.2 Å². The Morgan fingerprint density at radius 1 is 0.846 bits per heavy atom. The molecule has 0 unspecified atom stereocenters. The Morgan fingerprint density at radius 2 is 1.50 bits per heavy atom. The summed E-state index contributed by atoms with van der Waals surface area (Å²) in [4.78, 5) is 35.1. The highest BCUT2D eigenvalue weighted by atomic mass is 35.5. The summed E-state index contributed by atoms with van der Waals surface area (Å²) in [6, 6.07) is 16.1. The second-order valence-electron chi connectivity index (χ2n) is 5.31. The minimum Gasteiger partial charge on any atom is -0.325 e. The molecule has 2 aromatic carbocycles. The first-order valence-corrected chi connectivity index (χ1v) is 8.29. The fourth-order valence-corrected chi connectivity index (χ4v) is 2.16. The lowest BCUT2D eigenvalue weighted by atomic mass is 10.2. The first-order valence-electron chi connectivity index (χ1n) is 7.91. The largest absolute Gasteiger partial charge is 0.325 e. The molecule has 0 aliphatic rings. The van der Waals surface area contributed by atoms with E-state index in [4.69, 9.17) is 11.6 Å². The Morgan fingerprint density at radius 3 is 2.23 bits per heavy atom. The zero-order valence-electron chi connectivity index (χ0n) is 13.9. The van der Waals surface area contributed by atoms with Crippen LogP contribution in [-0.2, 0) is 14.4 Å². The molecule has 3 amide bonds. The molecule has 3 N–H and O–H groups in total. The molecule has 0 heterocycles. The second-order valence-corrected chi connectivity index (χ2v) is 5.72. The number of carbonyl (C=O) groups is 3. The van der Waals surface area contributed by atoms with Crippen molar-refractivity contribution in [2.75, 3.05) is 5.32 Å². The van der Waals surface area contributed by atoms with Crippen LogP contribution in [0.15, 0.2) is 60.7 Å². The third kappa shape index (κ3) is 6.78. The average molecular weight is 372 g/mol. The Balaban J connectivity index is 1.68. The maximum Gasteiger partial charge on any atom is 0.262 e. The van der Waals surface area contributed by atoms with Crippen molar-refractivity contribution in [2.24, 2.45) is 0 Å². The summed E-state index contributed by atoms with van der Waals surface area (Å²) in [5, 5.41) is 3.04. The summed E-state index contributed by atoms with van der Waals surface area (Å²) < 4.78 is 0. The third-order valence-corrected chi connectivity index (χ3v) is 3.61. The Bertz CT molecular complexity index is 807. The van der Waals surface area contributed by atoms with E-state index in [0.29, 0.717) is 10.7 Å². The third-order valence-electron chi connectivity index (χ3n) is 3.28. The number of hydrogen-bond acceptors (Lipinski definition) is 3. The minimum absolute atomic E-state index is 0.0349. The summed E-state index contributed by atoms with van der Waals surface area (Å²) in [7, 11) is 0. The van der Waals surface area contributed by atoms with E-state index in [-0.39, 0.29) is 18.7 Å². The van der Waals surface area contributed by atoms with Crippen molar-refractivity contribution in [3.63, 3.8) is 0 Å². The van der Waals surface area contributed by atoms with E-state index in [0.717, 1.165) is 5.56 Å². The molecule has 134 valence electrons. The van der Waals surface area contributed by atoms with Gasteiger partial charge in [0.2, 0.25) is 11.8 Å². The van der Waals surface area contributed by atoms with Crippen LogP contribution in [0.5, 0.6) is 0 Å². The van der Waals surface area contributed by atoms with Gasteiger partial charge in [0, 0.05) is 18.9 Å². The molecule has 0 aliphatic carbocycles. The lowest BCUT2D eigenvalue weighted by Crippen LogP contribution is -2.41. The molecule has 2 aromatic rings. The van der Waals surface area contributed by atoms with Crippen LogP contribution in [0.25, 0.3) is 6.08 Å². The number of benzene rings is 2. The van der Waals surface area contributed by atoms with Crippen LogP contribution >= 0.6 is 11.6 Å². The van der Waals surface area contributed by atoms with Gasteiger partial charge in [0.25, 0.3) is 5.91 Å². The predicted octanol–water partition coefficient (Wildman–Crippen LogP) is 2.92. The number of halogens is 1. The molecule has 0 spiro atoms. The number of hydrogen-bond donors (Lipinski definition) is 3. The van der Waals surface area contributed by atoms with Gasteiger partial charge in [-0.25, -0.2) is 0 Å². The number of hydrazine groups is 1. The van der Waals surface area contributed by atoms with Gasteiger partial charge >= 0.3 is 0 Å². The second kappa shape index (κ2) is 10.0. The molecular formula is C19H18ClN3O3. The van der Waals surface area contributed by atoms with Gasteiger partial charge in [0.05, 0.1) is 10.7 Å². The van der Waals surface area contributed by atoms with E-state index >= 15 is 0 Å². The Labute approximate surface area is 156 Å². The van der Waals surface area contributed by atoms with Gasteiger partial charge in [-0.2, -0.15) is 0 Å². The predicted molar refractivity (Wildman–Crippen MR) is 101 cm³/mol. The van der Waals surface area contributed by atoms with Gasteiger partial charge in [-0.1, -0.05) is 54.1 Å². The fraction of sp³-hybridized carbons (Fsp3) is 0.105. The molecule has 0 radical (unpaired) electrons. The maximum absolute atomic E-state index is 11.8. The van der Waals surface area contributed by atoms with Crippen LogP contribution in [0.2, 0.25) is 5.02 Å². The molecule has 0 bridgehead atoms. The van der Waals surface area contributed by atoms with E-state index in [2.05, 4.69) is 16.2 Å². The molecule has 0 aromatic heterocycles. The SMILES string of the molecule is O=C(C=Cc1ccccc1)NNC(=O)CCC(=O)Nc1ccccc1Cl. The van der Waals surface area contributed by atoms with Crippen LogP contribution in [-0.4, -0.2) is 17.7 Å². The highest BCUT2D eigenvalue weighted by Gasteiger charge is 2.09. The van der Waals surface area contributed by atoms with Crippen molar-refractivity contribution >= 4 is 41.1 Å². The molecule has 0 atom stereocenters. The molecule has 2 rings (SSSR count). The molecule has 0 aliphatic heterocycles. The first-order chi connectivity index (χ1) is 12.5. The number of rotatable bonds is 6. The number of para-hydroxylation sites is 1. The summed E-state index contributed by atoms with van der Waals surface area (Å²) in [5.74, 6) is -1.29. The number of anilines is 1.